The van der Waals surface area contributed by atoms with Crippen molar-refractivity contribution in [1.29, 1.82) is 0 Å². The van der Waals surface area contributed by atoms with Crippen LogP contribution in [0.15, 0.2) is 78.1 Å². The SMILES string of the molecule is C=C/C=C(F)\C(=C/Cn1c(C(C)(CC)c2ccc(Cl)c(Cl)c2)cnc1SCc1c(F)cc(C(=O)O)cc1Cl)OCCN(CC)CC. The van der Waals surface area contributed by atoms with E-state index in [2.05, 4.69) is 37.2 Å². The van der Waals surface area contributed by atoms with Crippen LogP contribution in [0.4, 0.5) is 8.78 Å². The summed E-state index contributed by atoms with van der Waals surface area (Å²) in [7, 11) is 0. The van der Waals surface area contributed by atoms with E-state index in [0.717, 1.165) is 30.4 Å². The van der Waals surface area contributed by atoms with Crippen LogP contribution in [0.1, 0.15) is 61.3 Å². The number of aromatic nitrogens is 2. The molecule has 0 amide bonds. The fourth-order valence-corrected chi connectivity index (χ4v) is 6.55. The predicted octanol–water partition coefficient (Wildman–Crippen LogP) is 9.97. The largest absolute Gasteiger partial charge is 0.489 e. The van der Waals surface area contributed by atoms with E-state index in [4.69, 9.17) is 39.5 Å². The minimum absolute atomic E-state index is 0.00199. The lowest BCUT2D eigenvalue weighted by molar-refractivity contribution is 0.0696. The number of thioether (sulfide) groups is 1. The smallest absolute Gasteiger partial charge is 0.335 e. The predicted molar refractivity (Wildman–Crippen MR) is 185 cm³/mol. The number of halogens is 5. The normalized spacial score (nSPS) is 13.6. The second-order valence-electron chi connectivity index (χ2n) is 10.6. The highest BCUT2D eigenvalue weighted by atomic mass is 35.5. The Morgan fingerprint density at radius 2 is 1.87 bits per heavy atom. The van der Waals surface area contributed by atoms with Crippen LogP contribution in [0, 0.1) is 5.82 Å². The first kappa shape index (κ1) is 37.6. The Labute approximate surface area is 288 Å². The molecule has 12 heteroatoms. The summed E-state index contributed by atoms with van der Waals surface area (Å²) in [5.41, 5.74) is 1.01. The Kier molecular flexibility index (Phi) is 14.2. The minimum atomic E-state index is -1.28. The van der Waals surface area contributed by atoms with Gasteiger partial charge in [-0.1, -0.05) is 86.1 Å². The number of allylic oxidation sites excluding steroid dienone is 4. The first-order valence-corrected chi connectivity index (χ1v) is 16.9. The molecule has 1 unspecified atom stereocenters. The van der Waals surface area contributed by atoms with Crippen LogP contribution < -0.4 is 0 Å². The molecule has 1 aromatic heterocycles. The van der Waals surface area contributed by atoms with Crippen molar-refractivity contribution >= 4 is 52.5 Å². The van der Waals surface area contributed by atoms with Crippen molar-refractivity contribution in [2.24, 2.45) is 0 Å². The number of ether oxygens (including phenoxy) is 1. The van der Waals surface area contributed by atoms with E-state index in [9.17, 15) is 14.3 Å². The number of carboxylic acids is 1. The molecule has 0 radical (unpaired) electrons. The fourth-order valence-electron chi connectivity index (χ4n) is 4.87. The van der Waals surface area contributed by atoms with E-state index in [0.29, 0.717) is 28.2 Å². The zero-order valence-electron chi connectivity index (χ0n) is 26.3. The van der Waals surface area contributed by atoms with Gasteiger partial charge in [0.05, 0.1) is 21.8 Å². The number of nitrogens with zero attached hydrogens (tertiary/aromatic N) is 3. The minimum Gasteiger partial charge on any atom is -0.489 e. The zero-order chi connectivity index (χ0) is 34.0. The molecule has 0 fully saturated rings. The summed E-state index contributed by atoms with van der Waals surface area (Å²) in [4.78, 5) is 18.2. The van der Waals surface area contributed by atoms with Crippen LogP contribution in [-0.4, -0.2) is 51.8 Å². The fraction of sp³-hybridized carbons (Fsp3) is 0.353. The van der Waals surface area contributed by atoms with Crippen molar-refractivity contribution in [3.8, 4) is 0 Å². The van der Waals surface area contributed by atoms with Gasteiger partial charge >= 0.3 is 5.97 Å². The lowest BCUT2D eigenvalue weighted by Crippen LogP contribution is -2.27. The molecule has 1 heterocycles. The summed E-state index contributed by atoms with van der Waals surface area (Å²) in [5.74, 6) is -2.45. The molecule has 3 aromatic rings. The Hall–Kier alpha value is -2.82. The standard InChI is InChI=1S/C34H38Cl3F2N3O3S/c1-6-10-28(38)30(45-16-15-41(8-3)9-4)13-14-42-31(34(5,7-2)23-11-12-25(35)27(37)19-23)20-40-33(42)46-21-24-26(36)17-22(32(43)44)18-29(24)39/h6,10-13,17-20H,1,7-9,14-16,21H2,2-5H3,(H,43,44)/b28-10+,30-13+. The van der Waals surface area contributed by atoms with E-state index in [1.807, 2.05) is 23.6 Å². The van der Waals surface area contributed by atoms with Crippen molar-refractivity contribution in [3.05, 3.63) is 116 Å². The molecular formula is C34H38Cl3F2N3O3S. The van der Waals surface area contributed by atoms with Crippen molar-refractivity contribution in [1.82, 2.24) is 14.5 Å². The van der Waals surface area contributed by atoms with Gasteiger partial charge in [0.1, 0.15) is 12.4 Å². The summed E-state index contributed by atoms with van der Waals surface area (Å²) in [6.45, 7) is 14.6. The van der Waals surface area contributed by atoms with E-state index in [1.54, 1.807) is 18.3 Å². The molecule has 2 aromatic carbocycles. The maximum Gasteiger partial charge on any atom is 0.335 e. The Morgan fingerprint density at radius 3 is 2.46 bits per heavy atom. The number of rotatable bonds is 17. The van der Waals surface area contributed by atoms with E-state index in [-0.39, 0.29) is 40.8 Å². The number of benzene rings is 2. The molecule has 0 spiro atoms. The van der Waals surface area contributed by atoms with E-state index >= 15 is 4.39 Å². The average Bonchev–Trinajstić information content (AvgIpc) is 3.44. The van der Waals surface area contributed by atoms with Crippen LogP contribution in [0.3, 0.4) is 0 Å². The summed E-state index contributed by atoms with van der Waals surface area (Å²) in [6, 6.07) is 7.64. The molecule has 3 rings (SSSR count). The molecule has 0 aliphatic carbocycles. The summed E-state index contributed by atoms with van der Waals surface area (Å²) >= 11 is 20.2. The van der Waals surface area contributed by atoms with Crippen LogP contribution in [0.25, 0.3) is 0 Å². The van der Waals surface area contributed by atoms with Gasteiger partial charge in [-0.25, -0.2) is 18.6 Å². The summed E-state index contributed by atoms with van der Waals surface area (Å²) in [6.07, 6.45) is 6.63. The highest BCUT2D eigenvalue weighted by molar-refractivity contribution is 7.98. The van der Waals surface area contributed by atoms with Gasteiger partial charge in [-0.2, -0.15) is 0 Å². The number of carbonyl (C=O) groups is 1. The molecular weight excluding hydrogens is 675 g/mol. The zero-order valence-corrected chi connectivity index (χ0v) is 29.3. The lowest BCUT2D eigenvalue weighted by atomic mass is 9.77. The molecule has 1 N–H and O–H groups in total. The maximum absolute atomic E-state index is 15.2. The van der Waals surface area contributed by atoms with E-state index in [1.165, 1.54) is 30.0 Å². The highest BCUT2D eigenvalue weighted by Gasteiger charge is 2.32. The molecule has 46 heavy (non-hydrogen) atoms. The third-order valence-electron chi connectivity index (χ3n) is 7.90. The number of aromatic carboxylic acids is 1. The highest BCUT2D eigenvalue weighted by Crippen LogP contribution is 2.40. The van der Waals surface area contributed by atoms with Gasteiger partial charge in [-0.15, -0.1) is 0 Å². The van der Waals surface area contributed by atoms with Gasteiger partial charge in [0, 0.05) is 40.5 Å². The monoisotopic (exact) mass is 711 g/mol. The quantitative estimate of drug-likeness (QED) is 0.0854. The van der Waals surface area contributed by atoms with Crippen molar-refractivity contribution in [2.75, 3.05) is 26.2 Å². The Bertz CT molecular complexity index is 1580. The topological polar surface area (TPSA) is 67.6 Å². The molecule has 248 valence electrons. The maximum atomic E-state index is 15.2. The number of hydrogen-bond donors (Lipinski definition) is 1. The number of carboxylic acid groups (broad SMARTS) is 1. The molecule has 0 aliphatic rings. The third kappa shape index (κ3) is 9.16. The molecule has 0 aliphatic heterocycles. The van der Waals surface area contributed by atoms with Gasteiger partial charge in [0.2, 0.25) is 0 Å². The van der Waals surface area contributed by atoms with Crippen molar-refractivity contribution < 1.29 is 23.4 Å². The Balaban J connectivity index is 2.09. The van der Waals surface area contributed by atoms with Gasteiger partial charge in [0.25, 0.3) is 0 Å². The molecule has 0 bridgehead atoms. The second-order valence-corrected chi connectivity index (χ2v) is 12.7. The molecule has 0 saturated heterocycles. The van der Waals surface area contributed by atoms with Crippen molar-refractivity contribution in [2.45, 2.75) is 57.0 Å². The Morgan fingerprint density at radius 1 is 1.15 bits per heavy atom. The summed E-state index contributed by atoms with van der Waals surface area (Å²) < 4.78 is 38.0. The average molecular weight is 713 g/mol. The van der Waals surface area contributed by atoms with Gasteiger partial charge in [-0.05, 0) is 68.4 Å². The van der Waals surface area contributed by atoms with Gasteiger partial charge in [0.15, 0.2) is 16.7 Å². The van der Waals surface area contributed by atoms with Crippen molar-refractivity contribution in [3.63, 3.8) is 0 Å². The summed E-state index contributed by atoms with van der Waals surface area (Å²) in [5, 5.41) is 10.6. The number of hydrogen-bond acceptors (Lipinski definition) is 5. The molecule has 6 nitrogen and oxygen atoms in total. The van der Waals surface area contributed by atoms with Crippen LogP contribution in [0.5, 0.6) is 0 Å². The molecule has 1 atom stereocenters. The molecule has 0 saturated carbocycles. The van der Waals surface area contributed by atoms with Crippen LogP contribution in [0.2, 0.25) is 15.1 Å². The number of imidazole rings is 1. The van der Waals surface area contributed by atoms with E-state index < -0.39 is 23.0 Å². The van der Waals surface area contributed by atoms with Gasteiger partial charge < -0.3 is 19.3 Å². The lowest BCUT2D eigenvalue weighted by Gasteiger charge is -2.30. The second kappa shape index (κ2) is 17.4. The third-order valence-corrected chi connectivity index (χ3v) is 9.99. The number of likely N-dealkylation sites (N-methyl/N-ethyl adjacent to an activating group) is 1. The van der Waals surface area contributed by atoms with Crippen LogP contribution in [-0.2, 0) is 22.4 Å². The van der Waals surface area contributed by atoms with Crippen LogP contribution >= 0.6 is 46.6 Å². The first-order chi connectivity index (χ1) is 21.9. The first-order valence-electron chi connectivity index (χ1n) is 14.8. The van der Waals surface area contributed by atoms with Gasteiger partial charge in [-0.3, -0.25) is 0 Å².